The van der Waals surface area contributed by atoms with Crippen molar-refractivity contribution in [2.75, 3.05) is 13.1 Å². The minimum Gasteiger partial charge on any atom is -0.748 e. The number of alkyl halides is 2. The fraction of sp³-hybridized carbons (Fsp3) is 0.711. The van der Waals surface area contributed by atoms with Gasteiger partial charge in [0.25, 0.3) is 0 Å². The maximum atomic E-state index is 12.6. The van der Waals surface area contributed by atoms with Gasteiger partial charge in [-0.25, -0.2) is 13.1 Å². The Labute approximate surface area is 377 Å². The van der Waals surface area contributed by atoms with Crippen LogP contribution in [0.5, 0.6) is 0 Å². The molecule has 1 aromatic heterocycles. The predicted octanol–water partition coefficient (Wildman–Crippen LogP) is 5.51. The van der Waals surface area contributed by atoms with Crippen molar-refractivity contribution in [1.82, 2.24) is 20.0 Å². The molecule has 1 aromatic carbocycles. The maximum absolute atomic E-state index is 12.6. The molecule has 4 aliphatic carbocycles. The minimum atomic E-state index is -4.63. The van der Waals surface area contributed by atoms with Gasteiger partial charge in [-0.2, -0.15) is 15.5 Å². The number of nitrogens with zero attached hydrogens (tertiary/aromatic N) is 6. The zero-order valence-electron chi connectivity index (χ0n) is 31.4. The summed E-state index contributed by atoms with van der Waals surface area (Å²) < 4.78 is 37.3. The van der Waals surface area contributed by atoms with Gasteiger partial charge in [0.15, 0.2) is 5.82 Å². The van der Waals surface area contributed by atoms with Crippen molar-refractivity contribution in [2.45, 2.75) is 143 Å². The number of amides is 1. The summed E-state index contributed by atoms with van der Waals surface area (Å²) >= 11 is 20.2. The molecule has 5 unspecified atom stereocenters. The number of nitriles is 1. The molecule has 4 aliphatic rings. The van der Waals surface area contributed by atoms with Crippen LogP contribution in [0.3, 0.4) is 0 Å². The third-order valence-corrected chi connectivity index (χ3v) is 14.4. The van der Waals surface area contributed by atoms with Crippen molar-refractivity contribution in [1.29, 1.82) is 5.26 Å². The number of hydrogen-bond acceptors (Lipinski definition) is 9. The van der Waals surface area contributed by atoms with E-state index in [0.717, 1.165) is 25.9 Å². The van der Waals surface area contributed by atoms with E-state index in [1.165, 1.54) is 75.8 Å². The van der Waals surface area contributed by atoms with Crippen molar-refractivity contribution < 1.29 is 69.1 Å². The van der Waals surface area contributed by atoms with Crippen LogP contribution in [0.1, 0.15) is 115 Å². The zero-order valence-corrected chi connectivity index (χ0v) is 37.6. The number of azo groups is 1. The van der Waals surface area contributed by atoms with Crippen LogP contribution >= 0.6 is 34.8 Å². The smallest absolute Gasteiger partial charge is 0.748 e. The Morgan fingerprint density at radius 2 is 1.57 bits per heavy atom. The topological polar surface area (TPSA) is 156 Å². The largest absolute Gasteiger partial charge is 1.00 e. The van der Waals surface area contributed by atoms with E-state index in [2.05, 4.69) is 16.3 Å². The Morgan fingerprint density at radius 1 is 0.981 bits per heavy atom. The summed E-state index contributed by atoms with van der Waals surface area (Å²) in [5, 5.41) is 25.3. The molecule has 11 nitrogen and oxygen atoms in total. The molecule has 16 heteroatoms. The standard InChI is InChI=1S/C38H52Cl3N7O4S.K/c1-24(49)43-35-18-27(47(22-25-10-4-2-5-11-25)23-26-12-6-3-7-13-26)16-17-34(35)44-45-38-30(21-42)36(29-14-8-9-15-31(29)39)46-48(38)37-32(40)19-28(20-33(37)41)53(50,51)52;/h8-9,14-15,25-28,32-35,37H,2-7,10-13,16-20,22-23H2,1H3,(H,43,49)(H,50,51,52);/q;+1/p-1. The van der Waals surface area contributed by atoms with Crippen LogP contribution in [0.4, 0.5) is 5.82 Å². The average molecular weight is 847 g/mol. The minimum absolute atomic E-state index is 0. The summed E-state index contributed by atoms with van der Waals surface area (Å²) in [5.41, 5.74) is 0.882. The van der Waals surface area contributed by atoms with Gasteiger partial charge in [-0.3, -0.25) is 9.69 Å². The zero-order chi connectivity index (χ0) is 37.7. The van der Waals surface area contributed by atoms with Gasteiger partial charge in [0.2, 0.25) is 5.91 Å². The van der Waals surface area contributed by atoms with Crippen LogP contribution in [0.15, 0.2) is 34.5 Å². The summed E-state index contributed by atoms with van der Waals surface area (Å²) in [6.07, 6.45) is 15.1. The van der Waals surface area contributed by atoms with E-state index in [0.29, 0.717) is 34.9 Å². The molecule has 0 aliphatic heterocycles. The third-order valence-electron chi connectivity index (χ3n) is 12.0. The van der Waals surface area contributed by atoms with Crippen LogP contribution in [-0.4, -0.2) is 80.8 Å². The van der Waals surface area contributed by atoms with Crippen molar-refractivity contribution >= 4 is 56.6 Å². The molecule has 1 heterocycles. The quantitative estimate of drug-likeness (QED) is 0.135. The molecule has 4 saturated carbocycles. The molecule has 290 valence electrons. The van der Waals surface area contributed by atoms with Crippen LogP contribution < -0.4 is 56.7 Å². The number of halogens is 3. The Hall–Kier alpha value is -0.634. The van der Waals surface area contributed by atoms with E-state index in [-0.39, 0.29) is 99.3 Å². The number of aromatic nitrogens is 2. The first-order chi connectivity index (χ1) is 25.4. The van der Waals surface area contributed by atoms with Gasteiger partial charge in [-0.1, -0.05) is 68.3 Å². The molecule has 54 heavy (non-hydrogen) atoms. The predicted molar refractivity (Wildman–Crippen MR) is 207 cm³/mol. The average Bonchev–Trinajstić information content (AvgIpc) is 3.48. The molecular weight excluding hydrogens is 796 g/mol. The molecule has 0 saturated heterocycles. The third kappa shape index (κ3) is 11.1. The summed E-state index contributed by atoms with van der Waals surface area (Å²) in [5.74, 6) is 1.40. The Bertz CT molecular complexity index is 1730. The number of nitrogens with one attached hydrogen (secondary N) is 1. The molecule has 0 spiro atoms. The molecule has 1 amide bonds. The van der Waals surface area contributed by atoms with Gasteiger partial charge in [-0.15, -0.1) is 28.3 Å². The summed E-state index contributed by atoms with van der Waals surface area (Å²) in [7, 11) is -4.63. The summed E-state index contributed by atoms with van der Waals surface area (Å²) in [6.45, 7) is 3.73. The van der Waals surface area contributed by atoms with Crippen LogP contribution in [-0.2, 0) is 14.9 Å². The van der Waals surface area contributed by atoms with Gasteiger partial charge < -0.3 is 9.87 Å². The second-order valence-corrected chi connectivity index (χ2v) is 18.9. The van der Waals surface area contributed by atoms with Gasteiger partial charge >= 0.3 is 51.4 Å². The van der Waals surface area contributed by atoms with E-state index in [4.69, 9.17) is 50.1 Å². The molecule has 0 radical (unpaired) electrons. The Kier molecular flexibility index (Phi) is 16.8. The van der Waals surface area contributed by atoms with Gasteiger partial charge in [0.05, 0.1) is 49.3 Å². The number of carbonyl (C=O) groups is 1. The van der Waals surface area contributed by atoms with Crippen LogP contribution in [0, 0.1) is 23.2 Å². The normalized spacial score (nSPS) is 28.8. The Balaban J connectivity index is 0.00000561. The summed E-state index contributed by atoms with van der Waals surface area (Å²) in [4.78, 5) is 15.3. The van der Waals surface area contributed by atoms with Crippen molar-refractivity contribution in [3.63, 3.8) is 0 Å². The summed E-state index contributed by atoms with van der Waals surface area (Å²) in [6, 6.07) is 8.12. The van der Waals surface area contributed by atoms with Crippen molar-refractivity contribution in [3.05, 3.63) is 34.9 Å². The van der Waals surface area contributed by atoms with E-state index in [9.17, 15) is 23.0 Å². The molecule has 0 bridgehead atoms. The van der Waals surface area contributed by atoms with E-state index < -0.39 is 32.2 Å². The number of carbonyl (C=O) groups excluding carboxylic acids is 1. The maximum Gasteiger partial charge on any atom is 1.00 e. The van der Waals surface area contributed by atoms with Crippen molar-refractivity contribution in [2.24, 2.45) is 22.1 Å². The fourth-order valence-electron chi connectivity index (χ4n) is 9.24. The molecule has 2 aromatic rings. The molecule has 4 fully saturated rings. The first kappa shape index (κ1) is 44.5. The van der Waals surface area contributed by atoms with E-state index in [1.54, 1.807) is 24.3 Å². The first-order valence-electron chi connectivity index (χ1n) is 19.3. The number of hydrogen-bond donors (Lipinski definition) is 1. The number of benzene rings is 1. The second kappa shape index (κ2) is 20.4. The van der Waals surface area contributed by atoms with Crippen molar-refractivity contribution in [3.8, 4) is 17.3 Å². The van der Waals surface area contributed by atoms with Gasteiger partial charge in [0, 0.05) is 31.6 Å². The van der Waals surface area contributed by atoms with Crippen LogP contribution in [0.25, 0.3) is 11.3 Å². The molecular formula is C38H51Cl3KN7O4S. The van der Waals surface area contributed by atoms with E-state index in [1.807, 2.05) is 0 Å². The fourth-order valence-corrected chi connectivity index (χ4v) is 11.6. The molecule has 5 atom stereocenters. The first-order valence-corrected chi connectivity index (χ1v) is 22.1. The van der Waals surface area contributed by atoms with Gasteiger partial charge in [-0.05, 0) is 75.7 Å². The second-order valence-electron chi connectivity index (χ2n) is 15.7. The molecule has 1 N–H and O–H groups in total. The monoisotopic (exact) mass is 845 g/mol. The van der Waals surface area contributed by atoms with E-state index >= 15 is 0 Å². The van der Waals surface area contributed by atoms with Crippen LogP contribution in [0.2, 0.25) is 5.02 Å². The Morgan fingerprint density at radius 3 is 2.11 bits per heavy atom. The number of rotatable bonds is 11. The SMILES string of the molecule is CC(=O)NC1CC(N(CC2CCCCC2)CC2CCCCC2)CCC1N=Nc1c(C#N)c(-c2ccccc2Cl)nn1C1C(Cl)CC(S(=O)(=O)[O-])CC1Cl.[K+]. The molecule has 6 rings (SSSR count). The van der Waals surface area contributed by atoms with Gasteiger partial charge in [0.1, 0.15) is 17.3 Å².